The van der Waals surface area contributed by atoms with Gasteiger partial charge in [0.05, 0.1) is 5.69 Å². The standard InChI is InChI=1S/C15H15NOS/c1-11-7-9-12(10-8-11)15(17)16-13-5-3-4-6-14(13)18-2/h3-10H,1-2H3,(H,16,17). The Morgan fingerprint density at radius 2 is 1.72 bits per heavy atom. The van der Waals surface area contributed by atoms with E-state index in [0.29, 0.717) is 5.56 Å². The molecule has 0 heterocycles. The monoisotopic (exact) mass is 257 g/mol. The summed E-state index contributed by atoms with van der Waals surface area (Å²) in [5, 5.41) is 2.94. The minimum Gasteiger partial charge on any atom is -0.321 e. The van der Waals surface area contributed by atoms with Crippen LogP contribution in [0.5, 0.6) is 0 Å². The minimum atomic E-state index is -0.0727. The van der Waals surface area contributed by atoms with Gasteiger partial charge in [0.1, 0.15) is 0 Å². The number of hydrogen-bond acceptors (Lipinski definition) is 2. The van der Waals surface area contributed by atoms with Gasteiger partial charge in [-0.05, 0) is 37.4 Å². The topological polar surface area (TPSA) is 29.1 Å². The molecule has 0 saturated heterocycles. The summed E-state index contributed by atoms with van der Waals surface area (Å²) < 4.78 is 0. The quantitative estimate of drug-likeness (QED) is 0.843. The molecule has 0 aliphatic carbocycles. The number of hydrogen-bond donors (Lipinski definition) is 1. The van der Waals surface area contributed by atoms with Crippen LogP contribution in [0, 0.1) is 6.92 Å². The molecule has 0 unspecified atom stereocenters. The predicted octanol–water partition coefficient (Wildman–Crippen LogP) is 3.97. The number of aryl methyl sites for hydroxylation is 1. The molecule has 1 amide bonds. The summed E-state index contributed by atoms with van der Waals surface area (Å²) in [5.74, 6) is -0.0727. The van der Waals surface area contributed by atoms with Gasteiger partial charge in [0.25, 0.3) is 5.91 Å². The van der Waals surface area contributed by atoms with Gasteiger partial charge < -0.3 is 5.32 Å². The molecular weight excluding hydrogens is 242 g/mol. The van der Waals surface area contributed by atoms with E-state index in [0.717, 1.165) is 16.1 Å². The predicted molar refractivity (Wildman–Crippen MR) is 77.4 cm³/mol. The van der Waals surface area contributed by atoms with Crippen LogP contribution in [0.15, 0.2) is 53.4 Å². The van der Waals surface area contributed by atoms with Gasteiger partial charge in [-0.3, -0.25) is 4.79 Å². The van der Waals surface area contributed by atoms with E-state index in [9.17, 15) is 4.79 Å². The Morgan fingerprint density at radius 3 is 2.39 bits per heavy atom. The molecule has 1 N–H and O–H groups in total. The third kappa shape index (κ3) is 2.93. The fourth-order valence-corrected chi connectivity index (χ4v) is 2.20. The first-order valence-electron chi connectivity index (χ1n) is 5.72. The van der Waals surface area contributed by atoms with E-state index in [2.05, 4.69) is 5.32 Å². The summed E-state index contributed by atoms with van der Waals surface area (Å²) in [4.78, 5) is 13.1. The van der Waals surface area contributed by atoms with Gasteiger partial charge in [0.15, 0.2) is 0 Å². The molecule has 2 nitrogen and oxygen atoms in total. The molecule has 18 heavy (non-hydrogen) atoms. The van der Waals surface area contributed by atoms with Crippen molar-refractivity contribution in [1.29, 1.82) is 0 Å². The van der Waals surface area contributed by atoms with E-state index in [1.165, 1.54) is 0 Å². The van der Waals surface area contributed by atoms with E-state index in [1.807, 2.05) is 61.7 Å². The number of carbonyl (C=O) groups is 1. The molecule has 2 rings (SSSR count). The molecule has 0 atom stereocenters. The maximum Gasteiger partial charge on any atom is 0.255 e. The van der Waals surface area contributed by atoms with Crippen LogP contribution in [-0.2, 0) is 0 Å². The average Bonchev–Trinajstić information content (AvgIpc) is 2.40. The Hall–Kier alpha value is -1.74. The molecular formula is C15H15NOS. The zero-order valence-corrected chi connectivity index (χ0v) is 11.3. The van der Waals surface area contributed by atoms with Gasteiger partial charge in [0.2, 0.25) is 0 Å². The molecule has 0 aromatic heterocycles. The van der Waals surface area contributed by atoms with Crippen LogP contribution in [0.3, 0.4) is 0 Å². The molecule has 0 saturated carbocycles. The third-order valence-corrected chi connectivity index (χ3v) is 3.46. The van der Waals surface area contributed by atoms with Gasteiger partial charge in [-0.15, -0.1) is 11.8 Å². The zero-order valence-electron chi connectivity index (χ0n) is 10.4. The molecule has 2 aromatic rings. The van der Waals surface area contributed by atoms with Crippen molar-refractivity contribution in [1.82, 2.24) is 0 Å². The highest BCUT2D eigenvalue weighted by molar-refractivity contribution is 7.98. The number of nitrogens with one attached hydrogen (secondary N) is 1. The largest absolute Gasteiger partial charge is 0.321 e. The summed E-state index contributed by atoms with van der Waals surface area (Å²) in [7, 11) is 0. The second kappa shape index (κ2) is 5.74. The van der Waals surface area contributed by atoms with Crippen molar-refractivity contribution in [3.8, 4) is 0 Å². The summed E-state index contributed by atoms with van der Waals surface area (Å²) >= 11 is 1.62. The van der Waals surface area contributed by atoms with E-state index in [-0.39, 0.29) is 5.91 Å². The van der Waals surface area contributed by atoms with Crippen LogP contribution in [-0.4, -0.2) is 12.2 Å². The lowest BCUT2D eigenvalue weighted by atomic mass is 10.1. The Labute approximate surface area is 111 Å². The van der Waals surface area contributed by atoms with Crippen LogP contribution in [0.1, 0.15) is 15.9 Å². The van der Waals surface area contributed by atoms with Crippen LogP contribution in [0.2, 0.25) is 0 Å². The van der Waals surface area contributed by atoms with Crippen molar-refractivity contribution in [2.45, 2.75) is 11.8 Å². The Bertz CT molecular complexity index is 549. The lowest BCUT2D eigenvalue weighted by Gasteiger charge is -2.09. The molecule has 92 valence electrons. The number of rotatable bonds is 3. The van der Waals surface area contributed by atoms with Crippen LogP contribution in [0.25, 0.3) is 0 Å². The van der Waals surface area contributed by atoms with Crippen molar-refractivity contribution in [3.05, 3.63) is 59.7 Å². The second-order valence-corrected chi connectivity index (χ2v) is 4.87. The summed E-state index contributed by atoms with van der Waals surface area (Å²) in [6.45, 7) is 2.00. The van der Waals surface area contributed by atoms with Crippen molar-refractivity contribution in [3.63, 3.8) is 0 Å². The first-order chi connectivity index (χ1) is 8.70. The summed E-state index contributed by atoms with van der Waals surface area (Å²) in [6.07, 6.45) is 2.00. The fraction of sp³-hybridized carbons (Fsp3) is 0.133. The van der Waals surface area contributed by atoms with Crippen molar-refractivity contribution in [2.75, 3.05) is 11.6 Å². The molecule has 0 bridgehead atoms. The average molecular weight is 257 g/mol. The fourth-order valence-electron chi connectivity index (χ4n) is 1.65. The van der Waals surface area contributed by atoms with E-state index in [1.54, 1.807) is 11.8 Å². The zero-order chi connectivity index (χ0) is 13.0. The molecule has 2 aromatic carbocycles. The van der Waals surface area contributed by atoms with E-state index < -0.39 is 0 Å². The van der Waals surface area contributed by atoms with E-state index >= 15 is 0 Å². The van der Waals surface area contributed by atoms with Crippen molar-refractivity contribution in [2.24, 2.45) is 0 Å². The number of carbonyl (C=O) groups excluding carboxylic acids is 1. The molecule has 0 radical (unpaired) electrons. The number of para-hydroxylation sites is 1. The molecule has 0 aliphatic heterocycles. The van der Waals surface area contributed by atoms with Crippen LogP contribution >= 0.6 is 11.8 Å². The van der Waals surface area contributed by atoms with Crippen molar-refractivity contribution >= 4 is 23.4 Å². The Kier molecular flexibility index (Phi) is 4.05. The molecule has 0 aliphatic rings. The number of amides is 1. The Balaban J connectivity index is 2.18. The molecule has 0 spiro atoms. The lowest BCUT2D eigenvalue weighted by molar-refractivity contribution is 0.102. The highest BCUT2D eigenvalue weighted by atomic mass is 32.2. The van der Waals surface area contributed by atoms with Crippen LogP contribution < -0.4 is 5.32 Å². The van der Waals surface area contributed by atoms with Gasteiger partial charge in [0, 0.05) is 10.5 Å². The van der Waals surface area contributed by atoms with Gasteiger partial charge >= 0.3 is 0 Å². The van der Waals surface area contributed by atoms with Crippen LogP contribution in [0.4, 0.5) is 5.69 Å². The highest BCUT2D eigenvalue weighted by Gasteiger charge is 2.07. The van der Waals surface area contributed by atoms with Gasteiger partial charge in [-0.2, -0.15) is 0 Å². The normalized spacial score (nSPS) is 10.1. The Morgan fingerprint density at radius 1 is 1.06 bits per heavy atom. The number of anilines is 1. The number of benzene rings is 2. The number of thioether (sulfide) groups is 1. The smallest absolute Gasteiger partial charge is 0.255 e. The summed E-state index contributed by atoms with van der Waals surface area (Å²) in [5.41, 5.74) is 2.68. The summed E-state index contributed by atoms with van der Waals surface area (Å²) in [6, 6.07) is 15.4. The first kappa shape index (κ1) is 12.7. The first-order valence-corrected chi connectivity index (χ1v) is 6.94. The highest BCUT2D eigenvalue weighted by Crippen LogP contribution is 2.25. The van der Waals surface area contributed by atoms with E-state index in [4.69, 9.17) is 0 Å². The van der Waals surface area contributed by atoms with Crippen molar-refractivity contribution < 1.29 is 4.79 Å². The van der Waals surface area contributed by atoms with Gasteiger partial charge in [-0.1, -0.05) is 29.8 Å². The molecule has 0 fully saturated rings. The lowest BCUT2D eigenvalue weighted by Crippen LogP contribution is -2.12. The third-order valence-electron chi connectivity index (χ3n) is 2.67. The maximum atomic E-state index is 12.1. The second-order valence-electron chi connectivity index (χ2n) is 4.02. The maximum absolute atomic E-state index is 12.1. The molecule has 3 heteroatoms. The SMILES string of the molecule is CSc1ccccc1NC(=O)c1ccc(C)cc1. The minimum absolute atomic E-state index is 0.0727. The van der Waals surface area contributed by atoms with Gasteiger partial charge in [-0.25, -0.2) is 0 Å².